The molecule has 1 spiro atoms. The summed E-state index contributed by atoms with van der Waals surface area (Å²) >= 11 is 5.86. The van der Waals surface area contributed by atoms with Crippen LogP contribution in [0.4, 0.5) is 11.4 Å². The Morgan fingerprint density at radius 2 is 1.26 bits per heavy atom. The average Bonchev–Trinajstić information content (AvgIpc) is 3.08. The van der Waals surface area contributed by atoms with Crippen LogP contribution >= 0.6 is 12.2 Å². The maximum absolute atomic E-state index is 6.88. The number of ether oxygens (including phenoxy) is 1. The Balaban J connectivity index is 1.80. The van der Waals surface area contributed by atoms with Gasteiger partial charge in [-0.2, -0.15) is 0 Å². The third-order valence-corrected chi connectivity index (χ3v) is 7.73. The molecule has 0 aromatic heterocycles. The summed E-state index contributed by atoms with van der Waals surface area (Å²) in [6.45, 7) is 12.4. The van der Waals surface area contributed by atoms with E-state index in [1.165, 1.54) is 0 Å². The Hall–Kier alpha value is -3.09. The van der Waals surface area contributed by atoms with Gasteiger partial charge in [-0.05, 0) is 45.4 Å². The molecule has 34 heavy (non-hydrogen) atoms. The van der Waals surface area contributed by atoms with E-state index in [1.807, 2.05) is 6.07 Å². The standard InChI is InChI=1S/C28H32N4OS/c1-5-30(6-2)19-13-15-23-25(17-19)33-26-18-20(31(7-3)8-4)14-16-24(26)28(23)22-12-10-9-11-21(22)27(34)32(28)29/h9-18H,5-8,29H2,1-4H3. The summed E-state index contributed by atoms with van der Waals surface area (Å²) in [5.41, 5.74) is 5.67. The van der Waals surface area contributed by atoms with Crippen molar-refractivity contribution in [1.82, 2.24) is 5.01 Å². The van der Waals surface area contributed by atoms with Gasteiger partial charge in [0.05, 0.1) is 0 Å². The minimum Gasteiger partial charge on any atom is -0.456 e. The van der Waals surface area contributed by atoms with Gasteiger partial charge in [0.2, 0.25) is 0 Å². The largest absolute Gasteiger partial charge is 0.456 e. The van der Waals surface area contributed by atoms with Crippen molar-refractivity contribution in [2.45, 2.75) is 33.2 Å². The van der Waals surface area contributed by atoms with Gasteiger partial charge in [-0.3, -0.25) is 5.01 Å². The van der Waals surface area contributed by atoms with E-state index in [9.17, 15) is 0 Å². The van der Waals surface area contributed by atoms with Crippen LogP contribution in [0.5, 0.6) is 11.5 Å². The highest BCUT2D eigenvalue weighted by Crippen LogP contribution is 2.57. The van der Waals surface area contributed by atoms with Gasteiger partial charge in [-0.25, -0.2) is 5.84 Å². The highest BCUT2D eigenvalue weighted by Gasteiger charge is 2.54. The molecule has 0 fully saturated rings. The Bertz CT molecular complexity index is 1190. The van der Waals surface area contributed by atoms with Crippen LogP contribution in [0.15, 0.2) is 60.7 Å². The lowest BCUT2D eigenvalue weighted by molar-refractivity contribution is 0.265. The lowest BCUT2D eigenvalue weighted by Gasteiger charge is -2.43. The van der Waals surface area contributed by atoms with Crippen molar-refractivity contribution >= 4 is 28.6 Å². The third-order valence-electron chi connectivity index (χ3n) is 7.31. The van der Waals surface area contributed by atoms with Crippen LogP contribution in [0.2, 0.25) is 0 Å². The zero-order valence-corrected chi connectivity index (χ0v) is 21.2. The molecule has 0 atom stereocenters. The van der Waals surface area contributed by atoms with Crippen molar-refractivity contribution < 1.29 is 4.74 Å². The van der Waals surface area contributed by atoms with E-state index in [1.54, 1.807) is 5.01 Å². The number of nitrogens with zero attached hydrogens (tertiary/aromatic N) is 3. The van der Waals surface area contributed by atoms with Gasteiger partial charge in [0.15, 0.2) is 0 Å². The molecule has 2 aliphatic rings. The first-order valence-corrected chi connectivity index (χ1v) is 12.6. The molecule has 2 heterocycles. The molecule has 3 aromatic rings. The van der Waals surface area contributed by atoms with Gasteiger partial charge >= 0.3 is 0 Å². The Morgan fingerprint density at radius 1 is 0.765 bits per heavy atom. The Morgan fingerprint density at radius 3 is 1.76 bits per heavy atom. The molecule has 5 nitrogen and oxygen atoms in total. The molecule has 0 unspecified atom stereocenters. The summed E-state index contributed by atoms with van der Waals surface area (Å²) in [6, 6.07) is 21.2. The second kappa shape index (κ2) is 8.60. The van der Waals surface area contributed by atoms with Gasteiger partial charge < -0.3 is 14.5 Å². The van der Waals surface area contributed by atoms with Crippen LogP contribution in [0.3, 0.4) is 0 Å². The maximum atomic E-state index is 6.88. The average molecular weight is 473 g/mol. The summed E-state index contributed by atoms with van der Waals surface area (Å²) in [5, 5.41) is 1.77. The fraction of sp³-hybridized carbons (Fsp3) is 0.321. The number of fused-ring (bicyclic) bond motifs is 6. The van der Waals surface area contributed by atoms with Gasteiger partial charge in [0.1, 0.15) is 22.0 Å². The van der Waals surface area contributed by atoms with Crippen molar-refractivity contribution in [1.29, 1.82) is 0 Å². The summed E-state index contributed by atoms with van der Waals surface area (Å²) in [5.74, 6) is 8.53. The van der Waals surface area contributed by atoms with Gasteiger partial charge in [0.25, 0.3) is 0 Å². The smallest absolute Gasteiger partial charge is 0.140 e. The quantitative estimate of drug-likeness (QED) is 0.370. The molecule has 0 saturated carbocycles. The molecule has 3 aromatic carbocycles. The van der Waals surface area contributed by atoms with E-state index >= 15 is 0 Å². The van der Waals surface area contributed by atoms with Crippen molar-refractivity contribution in [3.63, 3.8) is 0 Å². The summed E-state index contributed by atoms with van der Waals surface area (Å²) in [4.78, 5) is 5.30. The number of hydrazine groups is 1. The Kier molecular flexibility index (Phi) is 5.74. The number of nitrogens with two attached hydrogens (primary N) is 1. The van der Waals surface area contributed by atoms with E-state index in [0.717, 1.165) is 71.3 Å². The van der Waals surface area contributed by atoms with Crippen molar-refractivity contribution in [2.24, 2.45) is 5.84 Å². The fourth-order valence-electron chi connectivity index (χ4n) is 5.57. The molecule has 0 saturated heterocycles. The van der Waals surface area contributed by atoms with Crippen LogP contribution in [0.25, 0.3) is 0 Å². The van der Waals surface area contributed by atoms with Crippen LogP contribution in [0.1, 0.15) is 49.9 Å². The summed E-state index contributed by atoms with van der Waals surface area (Å²) in [6.07, 6.45) is 0. The van der Waals surface area contributed by atoms with Gasteiger partial charge in [-0.1, -0.05) is 48.6 Å². The van der Waals surface area contributed by atoms with E-state index < -0.39 is 5.54 Å². The molecule has 0 aliphatic carbocycles. The van der Waals surface area contributed by atoms with Crippen molar-refractivity contribution in [3.05, 3.63) is 82.9 Å². The maximum Gasteiger partial charge on any atom is 0.140 e. The molecular weight excluding hydrogens is 440 g/mol. The lowest BCUT2D eigenvalue weighted by Crippen LogP contribution is -2.51. The highest BCUT2D eigenvalue weighted by molar-refractivity contribution is 7.80. The molecule has 0 radical (unpaired) electrons. The van der Waals surface area contributed by atoms with Crippen LogP contribution in [-0.4, -0.2) is 36.2 Å². The summed E-state index contributed by atoms with van der Waals surface area (Å²) < 4.78 is 6.64. The molecule has 5 rings (SSSR count). The number of anilines is 2. The lowest BCUT2D eigenvalue weighted by atomic mass is 9.75. The monoisotopic (exact) mass is 472 g/mol. The first-order chi connectivity index (χ1) is 16.5. The second-order valence-electron chi connectivity index (χ2n) is 8.74. The predicted molar refractivity (Wildman–Crippen MR) is 144 cm³/mol. The first kappa shape index (κ1) is 22.7. The minimum absolute atomic E-state index is 0.648. The summed E-state index contributed by atoms with van der Waals surface area (Å²) in [7, 11) is 0. The molecule has 0 bridgehead atoms. The molecule has 2 N–H and O–H groups in total. The molecule has 6 heteroatoms. The predicted octanol–water partition coefficient (Wildman–Crippen LogP) is 5.64. The molecule has 0 amide bonds. The van der Waals surface area contributed by atoms with Crippen LogP contribution < -0.4 is 20.4 Å². The minimum atomic E-state index is -0.736. The van der Waals surface area contributed by atoms with Crippen LogP contribution in [0, 0.1) is 0 Å². The molecule has 176 valence electrons. The highest BCUT2D eigenvalue weighted by atomic mass is 32.1. The fourth-order valence-corrected chi connectivity index (χ4v) is 5.88. The van der Waals surface area contributed by atoms with E-state index in [0.29, 0.717) is 4.99 Å². The number of rotatable bonds is 6. The van der Waals surface area contributed by atoms with Crippen molar-refractivity contribution in [2.75, 3.05) is 36.0 Å². The van der Waals surface area contributed by atoms with E-state index in [2.05, 4.69) is 92.1 Å². The zero-order chi connectivity index (χ0) is 24.0. The SMILES string of the molecule is CCN(CC)c1ccc2c(c1)Oc1cc(N(CC)CC)ccc1C21c2ccccc2C(=S)N1N. The van der Waals surface area contributed by atoms with E-state index in [4.69, 9.17) is 22.8 Å². The van der Waals surface area contributed by atoms with Crippen LogP contribution in [-0.2, 0) is 5.54 Å². The van der Waals surface area contributed by atoms with E-state index in [-0.39, 0.29) is 0 Å². The third kappa shape index (κ3) is 3.05. The van der Waals surface area contributed by atoms with Gasteiger partial charge in [-0.15, -0.1) is 0 Å². The normalized spacial score (nSPS) is 15.0. The molecular formula is C28H32N4OS. The Labute approximate surface area is 207 Å². The number of hydrogen-bond acceptors (Lipinski definition) is 5. The zero-order valence-electron chi connectivity index (χ0n) is 20.3. The topological polar surface area (TPSA) is 45.0 Å². The van der Waals surface area contributed by atoms with Gasteiger partial charge in [0, 0.05) is 66.4 Å². The number of thiocarbonyl (C=S) groups is 1. The number of hydrogen-bond donors (Lipinski definition) is 1. The second-order valence-corrected chi connectivity index (χ2v) is 9.13. The number of benzene rings is 3. The first-order valence-electron chi connectivity index (χ1n) is 12.2. The molecule has 2 aliphatic heterocycles. The van der Waals surface area contributed by atoms with Crippen molar-refractivity contribution in [3.8, 4) is 11.5 Å².